The summed E-state index contributed by atoms with van der Waals surface area (Å²) < 4.78 is 17.3. The van der Waals surface area contributed by atoms with Gasteiger partial charge in [0.25, 0.3) is 0 Å². The van der Waals surface area contributed by atoms with Crippen LogP contribution in [0.15, 0.2) is 18.2 Å². The number of ketones is 3. The zero-order valence-electron chi connectivity index (χ0n) is 24.3. The van der Waals surface area contributed by atoms with Gasteiger partial charge in [-0.2, -0.15) is 0 Å². The van der Waals surface area contributed by atoms with Crippen LogP contribution in [-0.4, -0.2) is 81.1 Å². The number of carbonyl (C=O) groups excluding carboxylic acids is 3. The molecule has 5 atom stereocenters. The lowest BCUT2D eigenvalue weighted by Crippen LogP contribution is -2.55. The molecule has 5 rings (SSSR count). The largest absolute Gasteiger partial charge is 0.507 e. The predicted molar refractivity (Wildman–Crippen MR) is 149 cm³/mol. The van der Waals surface area contributed by atoms with Gasteiger partial charge in [-0.05, 0) is 26.8 Å². The average molecular weight is 584 g/mol. The Morgan fingerprint density at radius 3 is 2.45 bits per heavy atom. The van der Waals surface area contributed by atoms with Gasteiger partial charge in [0.2, 0.25) is 5.78 Å². The monoisotopic (exact) mass is 583 g/mol. The first-order valence-corrected chi connectivity index (χ1v) is 14.1. The second kappa shape index (κ2) is 10.7. The van der Waals surface area contributed by atoms with Crippen LogP contribution in [0.1, 0.15) is 96.0 Å². The van der Waals surface area contributed by atoms with Crippen LogP contribution in [0, 0.1) is 0 Å². The Bertz CT molecular complexity index is 1460. The van der Waals surface area contributed by atoms with Gasteiger partial charge in [-0.1, -0.05) is 19.1 Å². The summed E-state index contributed by atoms with van der Waals surface area (Å²) >= 11 is 0. The van der Waals surface area contributed by atoms with E-state index >= 15 is 0 Å². The number of methoxy groups -OCH3 is 1. The molecule has 0 amide bonds. The highest BCUT2D eigenvalue weighted by atomic mass is 16.7. The number of fused-ring (bicyclic) bond motifs is 3. The molecule has 1 aliphatic heterocycles. The van der Waals surface area contributed by atoms with E-state index < -0.39 is 76.5 Å². The van der Waals surface area contributed by atoms with Crippen molar-refractivity contribution >= 4 is 17.3 Å². The Morgan fingerprint density at radius 2 is 1.81 bits per heavy atom. The van der Waals surface area contributed by atoms with E-state index in [4.69, 9.17) is 14.2 Å². The number of aromatic hydroxyl groups is 2. The Labute approximate surface area is 243 Å². The maximum absolute atomic E-state index is 13.8. The van der Waals surface area contributed by atoms with Crippen molar-refractivity contribution in [1.82, 2.24) is 5.32 Å². The highest BCUT2D eigenvalue weighted by molar-refractivity contribution is 6.31. The minimum Gasteiger partial charge on any atom is -0.507 e. The minimum atomic E-state index is -1.98. The molecule has 11 heteroatoms. The third kappa shape index (κ3) is 4.99. The summed E-state index contributed by atoms with van der Waals surface area (Å²) in [5.41, 5.74) is -3.22. The van der Waals surface area contributed by atoms with E-state index in [1.165, 1.54) is 25.3 Å². The van der Waals surface area contributed by atoms with Gasteiger partial charge < -0.3 is 40.0 Å². The van der Waals surface area contributed by atoms with Crippen LogP contribution >= 0.6 is 0 Å². The van der Waals surface area contributed by atoms with Crippen LogP contribution in [0.3, 0.4) is 0 Å². The van der Waals surface area contributed by atoms with Gasteiger partial charge in [0.05, 0.1) is 42.6 Å². The van der Waals surface area contributed by atoms with Crippen LogP contribution in [0.4, 0.5) is 0 Å². The molecule has 3 unspecified atom stereocenters. The summed E-state index contributed by atoms with van der Waals surface area (Å²) in [5, 5.41) is 48.5. The van der Waals surface area contributed by atoms with Gasteiger partial charge in [-0.25, -0.2) is 0 Å². The number of hydrogen-bond donors (Lipinski definition) is 5. The summed E-state index contributed by atoms with van der Waals surface area (Å²) in [6, 6.07) is 4.08. The Morgan fingerprint density at radius 1 is 1.12 bits per heavy atom. The number of phenolic OH excluding ortho intramolecular Hbond substituents is 2. The van der Waals surface area contributed by atoms with Crippen LogP contribution in [0.5, 0.6) is 17.2 Å². The lowest BCUT2D eigenvalue weighted by molar-refractivity contribution is -0.226. The molecular weight excluding hydrogens is 546 g/mol. The fraction of sp³-hybridized carbons (Fsp3) is 0.516. The van der Waals surface area contributed by atoms with Gasteiger partial charge in [0, 0.05) is 54.0 Å². The molecule has 1 saturated heterocycles. The number of hydrogen-bond acceptors (Lipinski definition) is 11. The van der Waals surface area contributed by atoms with E-state index in [0.717, 1.165) is 0 Å². The fourth-order valence-electron chi connectivity index (χ4n) is 6.32. The van der Waals surface area contributed by atoms with Crippen molar-refractivity contribution in [2.75, 3.05) is 13.7 Å². The van der Waals surface area contributed by atoms with E-state index in [1.807, 2.05) is 20.8 Å². The van der Waals surface area contributed by atoms with Crippen molar-refractivity contribution in [2.45, 2.75) is 89.1 Å². The highest BCUT2D eigenvalue weighted by Crippen LogP contribution is 2.52. The lowest BCUT2D eigenvalue weighted by Gasteiger charge is -2.42. The normalized spacial score (nSPS) is 27.2. The first-order chi connectivity index (χ1) is 19.7. The van der Waals surface area contributed by atoms with Gasteiger partial charge in [-0.15, -0.1) is 0 Å². The Kier molecular flexibility index (Phi) is 7.70. The maximum Gasteiger partial charge on any atom is 0.202 e. The number of benzene rings is 2. The van der Waals surface area contributed by atoms with Crippen molar-refractivity contribution in [3.63, 3.8) is 0 Å². The van der Waals surface area contributed by atoms with Crippen molar-refractivity contribution < 1.29 is 49.0 Å². The molecule has 3 aliphatic rings. The quantitative estimate of drug-likeness (QED) is 0.270. The third-order valence-corrected chi connectivity index (χ3v) is 8.21. The van der Waals surface area contributed by atoms with E-state index in [-0.39, 0.29) is 59.4 Å². The number of aliphatic hydroxyl groups excluding tert-OH is 1. The first-order valence-electron chi connectivity index (χ1n) is 14.1. The van der Waals surface area contributed by atoms with E-state index in [1.54, 1.807) is 6.92 Å². The standard InChI is InChI=1S/C31H37NO10/c1-6-20(34)31(39)11-15-23(19(12-31)42-21-10-16(17(33)13-41-21)32-30(2,3)4)29(38)25-24(27(15)36)26(35)14-8-7-9-18(40-5)22(14)28(25)37/h7-9,16-17,19,21,32-33,36,38-39H,6,10-13H2,1-5H3/t16?,17?,19-,21?,31-/m0/s1. The van der Waals surface area contributed by atoms with Crippen molar-refractivity contribution in [2.24, 2.45) is 0 Å². The number of aliphatic hydroxyl groups is 2. The highest BCUT2D eigenvalue weighted by Gasteiger charge is 2.49. The number of carbonyl (C=O) groups is 3. The molecule has 0 radical (unpaired) electrons. The molecule has 1 fully saturated rings. The van der Waals surface area contributed by atoms with Crippen LogP contribution in [0.2, 0.25) is 0 Å². The minimum absolute atomic E-state index is 0.00319. The van der Waals surface area contributed by atoms with Crippen molar-refractivity contribution in [3.05, 3.63) is 51.6 Å². The first kappa shape index (κ1) is 30.1. The molecule has 0 aromatic heterocycles. The van der Waals surface area contributed by atoms with Crippen LogP contribution < -0.4 is 10.1 Å². The molecule has 2 aliphatic carbocycles. The number of phenols is 2. The van der Waals surface area contributed by atoms with Crippen LogP contribution in [0.25, 0.3) is 0 Å². The van der Waals surface area contributed by atoms with Crippen molar-refractivity contribution in [1.29, 1.82) is 0 Å². The number of ether oxygens (including phenoxy) is 3. The fourth-order valence-corrected chi connectivity index (χ4v) is 6.32. The lowest BCUT2D eigenvalue weighted by atomic mass is 9.71. The molecule has 42 heavy (non-hydrogen) atoms. The Balaban J connectivity index is 1.63. The zero-order valence-corrected chi connectivity index (χ0v) is 24.3. The molecule has 2 aromatic rings. The second-order valence-electron chi connectivity index (χ2n) is 12.3. The van der Waals surface area contributed by atoms with Gasteiger partial charge in [0.15, 0.2) is 17.9 Å². The third-order valence-electron chi connectivity index (χ3n) is 8.21. The van der Waals surface area contributed by atoms with E-state index in [2.05, 4.69) is 5.32 Å². The topological polar surface area (TPSA) is 172 Å². The number of Topliss-reactive ketones (excluding diaryl/α,β-unsaturated/α-hetero) is 1. The molecule has 226 valence electrons. The zero-order chi connectivity index (χ0) is 30.7. The molecule has 11 nitrogen and oxygen atoms in total. The van der Waals surface area contributed by atoms with Gasteiger partial charge in [-0.3, -0.25) is 14.4 Å². The van der Waals surface area contributed by atoms with Crippen LogP contribution in [-0.2, 0) is 20.7 Å². The maximum atomic E-state index is 13.8. The SMILES string of the molecule is CCC(=O)[C@]1(O)Cc2c(O)c3c(c(O)c2[C@@H](OC2CC(NC(C)(C)C)C(O)CO2)C1)C(=O)c1c(OC)cccc1C3=O. The summed E-state index contributed by atoms with van der Waals surface area (Å²) in [4.78, 5) is 40.4. The predicted octanol–water partition coefficient (Wildman–Crippen LogP) is 2.46. The summed E-state index contributed by atoms with van der Waals surface area (Å²) in [7, 11) is 1.35. The van der Waals surface area contributed by atoms with Gasteiger partial charge >= 0.3 is 0 Å². The summed E-state index contributed by atoms with van der Waals surface area (Å²) in [6.07, 6.45) is -3.45. The molecule has 1 heterocycles. The molecular formula is C31H37NO10. The smallest absolute Gasteiger partial charge is 0.202 e. The molecule has 0 bridgehead atoms. The number of nitrogens with one attached hydrogen (secondary N) is 1. The van der Waals surface area contributed by atoms with E-state index in [9.17, 15) is 34.8 Å². The Hall–Kier alpha value is -3.35. The van der Waals surface area contributed by atoms with Gasteiger partial charge in [0.1, 0.15) is 22.8 Å². The molecule has 2 aromatic carbocycles. The van der Waals surface area contributed by atoms with Crippen molar-refractivity contribution in [3.8, 4) is 17.2 Å². The number of rotatable bonds is 6. The second-order valence-corrected chi connectivity index (χ2v) is 12.3. The van der Waals surface area contributed by atoms with E-state index in [0.29, 0.717) is 0 Å². The molecule has 5 N–H and O–H groups in total. The molecule has 0 saturated carbocycles. The summed E-state index contributed by atoms with van der Waals surface area (Å²) in [6.45, 7) is 7.40. The summed E-state index contributed by atoms with van der Waals surface area (Å²) in [5.74, 6) is -2.98. The average Bonchev–Trinajstić information content (AvgIpc) is 2.93. The molecule has 0 spiro atoms.